The van der Waals surface area contributed by atoms with Gasteiger partial charge in [0.1, 0.15) is 5.82 Å². The molecule has 4 rings (SSSR count). The third-order valence-corrected chi connectivity index (χ3v) is 5.84. The van der Waals surface area contributed by atoms with Crippen molar-refractivity contribution in [3.63, 3.8) is 0 Å². The number of pyridine rings is 1. The van der Waals surface area contributed by atoms with Gasteiger partial charge in [0.05, 0.1) is 11.3 Å². The van der Waals surface area contributed by atoms with Crippen molar-refractivity contribution in [3.8, 4) is 0 Å². The molecule has 32 heavy (non-hydrogen) atoms. The number of halogens is 1. The minimum absolute atomic E-state index is 0.0364. The van der Waals surface area contributed by atoms with Gasteiger partial charge in [0.25, 0.3) is 11.8 Å². The van der Waals surface area contributed by atoms with E-state index in [4.69, 9.17) is 4.98 Å². The average Bonchev–Trinajstić information content (AvgIpc) is 2.83. The first-order valence-corrected chi connectivity index (χ1v) is 10.9. The summed E-state index contributed by atoms with van der Waals surface area (Å²) in [5.41, 5.74) is 3.56. The maximum Gasteiger partial charge on any atom is 0.253 e. The Morgan fingerprint density at radius 2 is 1.78 bits per heavy atom. The number of piperidine rings is 1. The van der Waals surface area contributed by atoms with Crippen molar-refractivity contribution in [2.45, 2.75) is 32.2 Å². The van der Waals surface area contributed by atoms with E-state index in [1.165, 1.54) is 12.1 Å². The largest absolute Gasteiger partial charge is 0.348 e. The van der Waals surface area contributed by atoms with Gasteiger partial charge in [-0.3, -0.25) is 14.6 Å². The van der Waals surface area contributed by atoms with Crippen LogP contribution in [0.25, 0.3) is 0 Å². The van der Waals surface area contributed by atoms with E-state index in [1.807, 2.05) is 48.2 Å². The standard InChI is InChI=1S/C26H26FN3O2/c1-18-10-11-23(25(31)28-17-19-6-5-9-22(27)16-19)24(29-18)20-12-14-30(15-13-20)26(32)21-7-3-2-4-8-21/h2-11,16,20H,12-15,17H2,1H3,(H,28,31). The normalized spacial score (nSPS) is 14.2. The Kier molecular flexibility index (Phi) is 6.59. The van der Waals surface area contributed by atoms with Gasteiger partial charge < -0.3 is 10.2 Å². The molecule has 0 saturated carbocycles. The lowest BCUT2D eigenvalue weighted by Crippen LogP contribution is -2.38. The van der Waals surface area contributed by atoms with Crippen LogP contribution in [-0.4, -0.2) is 34.8 Å². The van der Waals surface area contributed by atoms with E-state index in [-0.39, 0.29) is 30.1 Å². The SMILES string of the molecule is Cc1ccc(C(=O)NCc2cccc(F)c2)c(C2CCN(C(=O)c3ccccc3)CC2)n1. The van der Waals surface area contributed by atoms with Crippen molar-refractivity contribution in [3.05, 3.63) is 101 Å². The van der Waals surface area contributed by atoms with Crippen LogP contribution in [0.4, 0.5) is 4.39 Å². The van der Waals surface area contributed by atoms with Crippen molar-refractivity contribution < 1.29 is 14.0 Å². The molecular formula is C26H26FN3O2. The summed E-state index contributed by atoms with van der Waals surface area (Å²) >= 11 is 0. The van der Waals surface area contributed by atoms with Gasteiger partial charge in [-0.2, -0.15) is 0 Å². The molecule has 0 spiro atoms. The summed E-state index contributed by atoms with van der Waals surface area (Å²) in [6, 6.07) is 19.1. The summed E-state index contributed by atoms with van der Waals surface area (Å²) in [7, 11) is 0. The molecule has 3 aromatic rings. The highest BCUT2D eigenvalue weighted by molar-refractivity contribution is 5.95. The molecule has 2 heterocycles. The molecule has 6 heteroatoms. The van der Waals surface area contributed by atoms with E-state index in [9.17, 15) is 14.0 Å². The second-order valence-corrected chi connectivity index (χ2v) is 8.13. The Morgan fingerprint density at radius 3 is 2.50 bits per heavy atom. The van der Waals surface area contributed by atoms with Crippen LogP contribution in [0.5, 0.6) is 0 Å². The lowest BCUT2D eigenvalue weighted by molar-refractivity contribution is 0.0710. The molecule has 0 unspecified atom stereocenters. The summed E-state index contributed by atoms with van der Waals surface area (Å²) in [6.07, 6.45) is 1.50. The molecule has 5 nitrogen and oxygen atoms in total. The van der Waals surface area contributed by atoms with Crippen LogP contribution in [0.15, 0.2) is 66.7 Å². The number of amides is 2. The molecule has 1 fully saturated rings. The Balaban J connectivity index is 1.44. The van der Waals surface area contributed by atoms with Gasteiger partial charge in [-0.05, 0) is 61.7 Å². The zero-order valence-electron chi connectivity index (χ0n) is 18.1. The lowest BCUT2D eigenvalue weighted by Gasteiger charge is -2.32. The van der Waals surface area contributed by atoms with Gasteiger partial charge in [0.15, 0.2) is 0 Å². The molecule has 0 radical (unpaired) electrons. The summed E-state index contributed by atoms with van der Waals surface area (Å²) in [6.45, 7) is 3.40. The van der Waals surface area contributed by atoms with Crippen LogP contribution in [0.3, 0.4) is 0 Å². The smallest absolute Gasteiger partial charge is 0.253 e. The first-order valence-electron chi connectivity index (χ1n) is 10.9. The van der Waals surface area contributed by atoms with E-state index in [0.717, 1.165) is 24.2 Å². The quantitative estimate of drug-likeness (QED) is 0.648. The number of nitrogens with one attached hydrogen (secondary N) is 1. The molecule has 2 amide bonds. The van der Waals surface area contributed by atoms with Gasteiger partial charge in [0, 0.05) is 36.8 Å². The van der Waals surface area contributed by atoms with Gasteiger partial charge >= 0.3 is 0 Å². The zero-order chi connectivity index (χ0) is 22.5. The zero-order valence-corrected chi connectivity index (χ0v) is 18.1. The number of benzene rings is 2. The first kappa shape index (κ1) is 21.7. The molecule has 0 atom stereocenters. The fourth-order valence-corrected chi connectivity index (χ4v) is 4.12. The maximum absolute atomic E-state index is 13.4. The minimum atomic E-state index is -0.328. The molecule has 0 bridgehead atoms. The van der Waals surface area contributed by atoms with Gasteiger partial charge in [-0.25, -0.2) is 4.39 Å². The third-order valence-electron chi connectivity index (χ3n) is 5.84. The first-order chi connectivity index (χ1) is 15.5. The number of nitrogens with zero attached hydrogens (tertiary/aromatic N) is 2. The monoisotopic (exact) mass is 431 g/mol. The molecule has 1 saturated heterocycles. The number of aromatic nitrogens is 1. The Labute approximate surface area is 187 Å². The van der Waals surface area contributed by atoms with Crippen molar-refractivity contribution in [1.82, 2.24) is 15.2 Å². The predicted octanol–water partition coefficient (Wildman–Crippen LogP) is 4.48. The highest BCUT2D eigenvalue weighted by Gasteiger charge is 2.28. The number of likely N-dealkylation sites (tertiary alicyclic amines) is 1. The number of carbonyl (C=O) groups excluding carboxylic acids is 2. The van der Waals surface area contributed by atoms with Crippen LogP contribution < -0.4 is 5.32 Å². The van der Waals surface area contributed by atoms with Crippen LogP contribution >= 0.6 is 0 Å². The van der Waals surface area contributed by atoms with Crippen LogP contribution in [0.2, 0.25) is 0 Å². The predicted molar refractivity (Wildman–Crippen MR) is 121 cm³/mol. The maximum atomic E-state index is 13.4. The van der Waals surface area contributed by atoms with Crippen LogP contribution in [0.1, 0.15) is 56.4 Å². The highest BCUT2D eigenvalue weighted by atomic mass is 19.1. The molecular weight excluding hydrogens is 405 g/mol. The summed E-state index contributed by atoms with van der Waals surface area (Å²) in [5.74, 6) is -0.412. The number of aryl methyl sites for hydroxylation is 1. The van der Waals surface area contributed by atoms with Crippen LogP contribution in [0, 0.1) is 12.7 Å². The van der Waals surface area contributed by atoms with Crippen molar-refractivity contribution in [2.75, 3.05) is 13.1 Å². The molecule has 1 aromatic heterocycles. The topological polar surface area (TPSA) is 62.3 Å². The van der Waals surface area contributed by atoms with Crippen molar-refractivity contribution >= 4 is 11.8 Å². The summed E-state index contributed by atoms with van der Waals surface area (Å²) < 4.78 is 13.4. The van der Waals surface area contributed by atoms with Crippen molar-refractivity contribution in [2.24, 2.45) is 0 Å². The summed E-state index contributed by atoms with van der Waals surface area (Å²) in [5, 5.41) is 2.88. The molecule has 1 aliphatic heterocycles. The minimum Gasteiger partial charge on any atom is -0.348 e. The second kappa shape index (κ2) is 9.73. The molecule has 1 aliphatic rings. The molecule has 164 valence electrons. The average molecular weight is 432 g/mol. The van der Waals surface area contributed by atoms with Gasteiger partial charge in [-0.1, -0.05) is 30.3 Å². The van der Waals surface area contributed by atoms with Crippen molar-refractivity contribution in [1.29, 1.82) is 0 Å². The number of hydrogen-bond acceptors (Lipinski definition) is 3. The van der Waals surface area contributed by atoms with E-state index >= 15 is 0 Å². The van der Waals surface area contributed by atoms with Crippen LogP contribution in [-0.2, 0) is 6.54 Å². The van der Waals surface area contributed by atoms with Gasteiger partial charge in [0.2, 0.25) is 0 Å². The fraction of sp³-hybridized carbons (Fsp3) is 0.269. The highest BCUT2D eigenvalue weighted by Crippen LogP contribution is 2.30. The van der Waals surface area contributed by atoms with E-state index < -0.39 is 0 Å². The Bertz CT molecular complexity index is 1110. The number of rotatable bonds is 5. The van der Waals surface area contributed by atoms with E-state index in [1.54, 1.807) is 18.2 Å². The third kappa shape index (κ3) is 5.02. The molecule has 2 aromatic carbocycles. The lowest BCUT2D eigenvalue weighted by atomic mass is 9.89. The Hall–Kier alpha value is -3.54. The van der Waals surface area contributed by atoms with E-state index in [0.29, 0.717) is 29.8 Å². The summed E-state index contributed by atoms with van der Waals surface area (Å²) in [4.78, 5) is 32.2. The number of hydrogen-bond donors (Lipinski definition) is 1. The number of carbonyl (C=O) groups is 2. The molecule has 0 aliphatic carbocycles. The second-order valence-electron chi connectivity index (χ2n) is 8.13. The molecule has 1 N–H and O–H groups in total. The van der Waals surface area contributed by atoms with Gasteiger partial charge in [-0.15, -0.1) is 0 Å². The fourth-order valence-electron chi connectivity index (χ4n) is 4.12. The Morgan fingerprint density at radius 1 is 1.03 bits per heavy atom. The van der Waals surface area contributed by atoms with E-state index in [2.05, 4.69) is 5.32 Å².